The predicted molar refractivity (Wildman–Crippen MR) is 165 cm³/mol. The fourth-order valence-corrected chi connectivity index (χ4v) is 5.84. The molecule has 2 amide bonds. The van der Waals surface area contributed by atoms with Crippen molar-refractivity contribution in [3.8, 4) is 5.75 Å². The van der Waals surface area contributed by atoms with Gasteiger partial charge in [0.15, 0.2) is 12.9 Å². The Morgan fingerprint density at radius 3 is 2.38 bits per heavy atom. The molecule has 6 N–H and O–H groups in total. The van der Waals surface area contributed by atoms with Crippen LogP contribution in [0.25, 0.3) is 0 Å². The van der Waals surface area contributed by atoms with E-state index in [1.807, 2.05) is 66.7 Å². The molecule has 240 valence electrons. The third-order valence-corrected chi connectivity index (χ3v) is 8.29. The van der Waals surface area contributed by atoms with E-state index in [1.165, 1.54) is 0 Å². The lowest BCUT2D eigenvalue weighted by Crippen LogP contribution is -2.59. The molecule has 11 heteroatoms. The molecule has 2 aliphatic rings. The van der Waals surface area contributed by atoms with E-state index in [-0.39, 0.29) is 31.1 Å². The largest absolute Gasteiger partial charge is 0.483 e. The molecular weight excluding hydrogens is 580 g/mol. The SMILES string of the molecule is CC(C)(C)c1ccc(OCC(=O)NCCO[C@@H]2O[C@H](CO)[C@@H](O)C(O)C2O)c(C2(c3ccccc3)C(=O)Nc3ccccc32)c1. The van der Waals surface area contributed by atoms with Gasteiger partial charge in [0, 0.05) is 23.4 Å². The summed E-state index contributed by atoms with van der Waals surface area (Å²) in [6.45, 7) is 5.27. The van der Waals surface area contributed by atoms with E-state index in [1.54, 1.807) is 6.07 Å². The molecule has 3 aromatic carbocycles. The summed E-state index contributed by atoms with van der Waals surface area (Å²) < 4.78 is 16.9. The average molecular weight is 621 g/mol. The summed E-state index contributed by atoms with van der Waals surface area (Å²) in [6.07, 6.45) is -6.98. The van der Waals surface area contributed by atoms with E-state index in [9.17, 15) is 30.0 Å². The van der Waals surface area contributed by atoms with Crippen molar-refractivity contribution in [1.29, 1.82) is 0 Å². The van der Waals surface area contributed by atoms with Crippen LogP contribution in [0.3, 0.4) is 0 Å². The minimum atomic E-state index is -1.56. The first-order valence-corrected chi connectivity index (χ1v) is 14.9. The highest BCUT2D eigenvalue weighted by molar-refractivity contribution is 6.11. The van der Waals surface area contributed by atoms with Crippen molar-refractivity contribution in [2.75, 3.05) is 31.7 Å². The summed E-state index contributed by atoms with van der Waals surface area (Å²) in [7, 11) is 0. The second-order valence-corrected chi connectivity index (χ2v) is 12.3. The lowest BCUT2D eigenvalue weighted by Gasteiger charge is -2.39. The average Bonchev–Trinajstić information content (AvgIpc) is 3.33. The first-order chi connectivity index (χ1) is 21.5. The van der Waals surface area contributed by atoms with Crippen LogP contribution in [0.15, 0.2) is 72.8 Å². The Kier molecular flexibility index (Phi) is 9.59. The molecule has 3 unspecified atom stereocenters. The Hall–Kier alpha value is -3.84. The summed E-state index contributed by atoms with van der Waals surface area (Å²) in [5.41, 5.74) is 2.39. The zero-order chi connectivity index (χ0) is 32.4. The third-order valence-electron chi connectivity index (χ3n) is 8.29. The van der Waals surface area contributed by atoms with Crippen molar-refractivity contribution < 1.29 is 44.2 Å². The van der Waals surface area contributed by atoms with E-state index >= 15 is 0 Å². The van der Waals surface area contributed by atoms with E-state index in [2.05, 4.69) is 31.4 Å². The van der Waals surface area contributed by atoms with Gasteiger partial charge in [-0.2, -0.15) is 0 Å². The Balaban J connectivity index is 1.35. The smallest absolute Gasteiger partial charge is 0.258 e. The van der Waals surface area contributed by atoms with E-state index < -0.39 is 48.6 Å². The molecule has 1 saturated heterocycles. The number of carbonyl (C=O) groups excluding carboxylic acids is 2. The fourth-order valence-electron chi connectivity index (χ4n) is 5.84. The number of rotatable bonds is 10. The molecule has 3 aromatic rings. The molecule has 1 fully saturated rings. The number of para-hydroxylation sites is 1. The maximum absolute atomic E-state index is 14.1. The van der Waals surface area contributed by atoms with Crippen LogP contribution in [0, 0.1) is 0 Å². The number of aliphatic hydroxyl groups excluding tert-OH is 4. The van der Waals surface area contributed by atoms with Gasteiger partial charge in [-0.05, 0) is 34.7 Å². The molecule has 2 heterocycles. The number of aliphatic hydroxyl groups is 4. The van der Waals surface area contributed by atoms with Crippen molar-refractivity contribution in [3.63, 3.8) is 0 Å². The van der Waals surface area contributed by atoms with Crippen molar-refractivity contribution in [3.05, 3.63) is 95.1 Å². The van der Waals surface area contributed by atoms with E-state index in [4.69, 9.17) is 14.2 Å². The molecule has 45 heavy (non-hydrogen) atoms. The normalized spacial score (nSPS) is 26.2. The maximum Gasteiger partial charge on any atom is 0.258 e. The third kappa shape index (κ3) is 6.32. The highest BCUT2D eigenvalue weighted by atomic mass is 16.7. The molecule has 0 saturated carbocycles. The number of carbonyl (C=O) groups is 2. The monoisotopic (exact) mass is 620 g/mol. The number of amides is 2. The van der Waals surface area contributed by atoms with Crippen molar-refractivity contribution >= 4 is 17.5 Å². The van der Waals surface area contributed by atoms with Crippen LogP contribution in [-0.2, 0) is 29.9 Å². The summed E-state index contributed by atoms with van der Waals surface area (Å²) in [5, 5.41) is 45.1. The first kappa shape index (κ1) is 32.6. The molecule has 0 spiro atoms. The molecule has 2 aliphatic heterocycles. The highest BCUT2D eigenvalue weighted by Crippen LogP contribution is 2.51. The Morgan fingerprint density at radius 1 is 0.956 bits per heavy atom. The quantitative estimate of drug-likeness (QED) is 0.185. The molecule has 0 bridgehead atoms. The van der Waals surface area contributed by atoms with Gasteiger partial charge in [-0.15, -0.1) is 0 Å². The summed E-state index contributed by atoms with van der Waals surface area (Å²) in [6, 6.07) is 22.8. The Morgan fingerprint density at radius 2 is 1.67 bits per heavy atom. The van der Waals surface area contributed by atoms with Gasteiger partial charge in [-0.1, -0.05) is 75.4 Å². The van der Waals surface area contributed by atoms with E-state index in [0.717, 1.165) is 16.7 Å². The van der Waals surface area contributed by atoms with E-state index in [0.29, 0.717) is 17.0 Å². The van der Waals surface area contributed by atoms with Gasteiger partial charge < -0.3 is 45.3 Å². The Bertz CT molecular complexity index is 1510. The van der Waals surface area contributed by atoms with Gasteiger partial charge in [0.2, 0.25) is 5.91 Å². The number of nitrogens with one attached hydrogen (secondary N) is 2. The molecular formula is C34H40N2O9. The van der Waals surface area contributed by atoms with Crippen LogP contribution in [0.2, 0.25) is 0 Å². The lowest BCUT2D eigenvalue weighted by molar-refractivity contribution is -0.300. The Labute approximate surface area is 261 Å². The number of hydrogen-bond acceptors (Lipinski definition) is 9. The van der Waals surface area contributed by atoms with Crippen LogP contribution in [0.4, 0.5) is 5.69 Å². The van der Waals surface area contributed by atoms with Crippen molar-refractivity contribution in [1.82, 2.24) is 5.32 Å². The van der Waals surface area contributed by atoms with Gasteiger partial charge in [0.25, 0.3) is 5.91 Å². The molecule has 5 rings (SSSR count). The van der Waals surface area contributed by atoms with Crippen LogP contribution in [0.5, 0.6) is 5.75 Å². The van der Waals surface area contributed by atoms with Gasteiger partial charge >= 0.3 is 0 Å². The minimum absolute atomic E-state index is 0.0246. The standard InChI is InChI=1S/C34H40N2O9/c1-33(2,3)21-13-14-25(44-19-27(38)35-15-16-43-31-30(41)29(40)28(39)26(18-37)45-31)23(17-21)34(20-9-5-4-6-10-20)22-11-7-8-12-24(22)36-32(34)42/h4-14,17,26,28-31,37,39-41H,15-16,18-19H2,1-3H3,(H,35,38)(H,36,42)/t26-,28-,29?,30?,31-,34?/m1/s1. The second kappa shape index (κ2) is 13.3. The lowest BCUT2D eigenvalue weighted by atomic mass is 9.68. The number of benzene rings is 3. The van der Waals surface area contributed by atoms with Gasteiger partial charge in [-0.3, -0.25) is 9.59 Å². The van der Waals surface area contributed by atoms with Crippen molar-refractivity contribution in [2.45, 2.75) is 62.3 Å². The fraction of sp³-hybridized carbons (Fsp3) is 0.412. The van der Waals surface area contributed by atoms with Crippen molar-refractivity contribution in [2.24, 2.45) is 0 Å². The van der Waals surface area contributed by atoms with Gasteiger partial charge in [0.1, 0.15) is 35.6 Å². The van der Waals surface area contributed by atoms with Crippen LogP contribution in [0.1, 0.15) is 43.0 Å². The highest BCUT2D eigenvalue weighted by Gasteiger charge is 2.51. The van der Waals surface area contributed by atoms with Gasteiger partial charge in [0.05, 0.1) is 13.2 Å². The molecule has 0 radical (unpaired) electrons. The summed E-state index contributed by atoms with van der Waals surface area (Å²) >= 11 is 0. The minimum Gasteiger partial charge on any atom is -0.483 e. The molecule has 6 atom stereocenters. The van der Waals surface area contributed by atoms with Crippen LogP contribution < -0.4 is 15.4 Å². The number of fused-ring (bicyclic) bond motifs is 1. The topological polar surface area (TPSA) is 167 Å². The van der Waals surface area contributed by atoms with Crippen LogP contribution in [-0.4, -0.2) is 89.3 Å². The summed E-state index contributed by atoms with van der Waals surface area (Å²) in [5.74, 6) is -0.296. The van der Waals surface area contributed by atoms with Crippen LogP contribution >= 0.6 is 0 Å². The molecule has 0 aliphatic carbocycles. The summed E-state index contributed by atoms with van der Waals surface area (Å²) in [4.78, 5) is 26.9. The number of ether oxygens (including phenoxy) is 3. The molecule has 11 nitrogen and oxygen atoms in total. The maximum atomic E-state index is 14.1. The molecule has 0 aromatic heterocycles. The zero-order valence-corrected chi connectivity index (χ0v) is 25.5. The zero-order valence-electron chi connectivity index (χ0n) is 25.5. The predicted octanol–water partition coefficient (Wildman–Crippen LogP) is 1.58. The first-order valence-electron chi connectivity index (χ1n) is 14.9. The number of hydrogen-bond donors (Lipinski definition) is 6. The number of anilines is 1. The van der Waals surface area contributed by atoms with Gasteiger partial charge in [-0.25, -0.2) is 0 Å². The second-order valence-electron chi connectivity index (χ2n) is 12.3.